The van der Waals surface area contributed by atoms with Crippen LogP contribution in [0.5, 0.6) is 0 Å². The number of carbonyl (C=O) groups excluding carboxylic acids is 1. The third-order valence-electron chi connectivity index (χ3n) is 5.02. The first kappa shape index (κ1) is 20.8. The first-order valence-corrected chi connectivity index (χ1v) is 9.79. The molecule has 0 aliphatic carbocycles. The molecule has 3 aromatic rings. The molecule has 4 rings (SSSR count). The van der Waals surface area contributed by atoms with Gasteiger partial charge in [-0.2, -0.15) is 4.68 Å². The normalized spacial score (nSPS) is 14.6. The Balaban J connectivity index is 1.42. The van der Waals surface area contributed by atoms with Crippen molar-refractivity contribution in [2.45, 2.75) is 6.54 Å². The summed E-state index contributed by atoms with van der Waals surface area (Å²) in [5, 5.41) is 23.2. The van der Waals surface area contributed by atoms with E-state index in [0.29, 0.717) is 44.2 Å². The van der Waals surface area contributed by atoms with Gasteiger partial charge in [0.2, 0.25) is 0 Å². The van der Waals surface area contributed by atoms with Gasteiger partial charge in [-0.3, -0.25) is 19.8 Å². The minimum Gasteiger partial charge on any atom is -0.336 e. The summed E-state index contributed by atoms with van der Waals surface area (Å²) >= 11 is 5.94. The van der Waals surface area contributed by atoms with Crippen LogP contribution in [0.15, 0.2) is 42.5 Å². The van der Waals surface area contributed by atoms with Crippen molar-refractivity contribution in [2.24, 2.45) is 0 Å². The quantitative estimate of drug-likeness (QED) is 0.437. The number of rotatable bonds is 5. The van der Waals surface area contributed by atoms with Crippen molar-refractivity contribution >= 4 is 23.2 Å². The Kier molecular flexibility index (Phi) is 5.87. The van der Waals surface area contributed by atoms with Crippen molar-refractivity contribution in [3.8, 4) is 5.69 Å². The number of hydrogen-bond acceptors (Lipinski definition) is 7. The van der Waals surface area contributed by atoms with E-state index in [4.69, 9.17) is 11.6 Å². The van der Waals surface area contributed by atoms with Gasteiger partial charge in [0.1, 0.15) is 11.4 Å². The number of amides is 1. The van der Waals surface area contributed by atoms with Gasteiger partial charge in [0.15, 0.2) is 5.82 Å². The number of nitro benzene ring substituents is 1. The van der Waals surface area contributed by atoms with Gasteiger partial charge in [-0.15, -0.1) is 5.10 Å². The molecule has 0 saturated carbocycles. The maximum atomic E-state index is 13.2. The minimum absolute atomic E-state index is 0.0220. The van der Waals surface area contributed by atoms with Gasteiger partial charge in [0, 0.05) is 37.3 Å². The van der Waals surface area contributed by atoms with E-state index in [-0.39, 0.29) is 22.1 Å². The summed E-state index contributed by atoms with van der Waals surface area (Å²) in [6, 6.07) is 9.79. The minimum atomic E-state index is -0.588. The van der Waals surface area contributed by atoms with Crippen LogP contribution in [-0.2, 0) is 6.54 Å². The van der Waals surface area contributed by atoms with Crippen molar-refractivity contribution in [2.75, 3.05) is 26.2 Å². The molecule has 0 radical (unpaired) electrons. The summed E-state index contributed by atoms with van der Waals surface area (Å²) in [7, 11) is 0. The number of tetrazole rings is 1. The van der Waals surface area contributed by atoms with Crippen LogP contribution in [0.2, 0.25) is 5.02 Å². The second-order valence-corrected chi connectivity index (χ2v) is 7.41. The van der Waals surface area contributed by atoms with Crippen LogP contribution in [0, 0.1) is 15.9 Å². The van der Waals surface area contributed by atoms with E-state index < -0.39 is 10.8 Å². The Hall–Kier alpha value is -3.44. The highest BCUT2D eigenvalue weighted by atomic mass is 35.5. The van der Waals surface area contributed by atoms with Gasteiger partial charge in [0.25, 0.3) is 11.6 Å². The summed E-state index contributed by atoms with van der Waals surface area (Å²) in [5.74, 6) is -0.194. The number of piperazine rings is 1. The summed E-state index contributed by atoms with van der Waals surface area (Å²) in [6.07, 6.45) is 0. The van der Waals surface area contributed by atoms with Gasteiger partial charge in [-0.25, -0.2) is 4.39 Å². The van der Waals surface area contributed by atoms with Crippen LogP contribution in [0.3, 0.4) is 0 Å². The molecule has 0 bridgehead atoms. The molecule has 0 unspecified atom stereocenters. The van der Waals surface area contributed by atoms with E-state index >= 15 is 0 Å². The zero-order chi connectivity index (χ0) is 22.0. The van der Waals surface area contributed by atoms with Crippen molar-refractivity contribution in [1.29, 1.82) is 0 Å². The Morgan fingerprint density at radius 3 is 2.52 bits per heavy atom. The lowest BCUT2D eigenvalue weighted by Crippen LogP contribution is -2.48. The number of benzene rings is 2. The second kappa shape index (κ2) is 8.74. The van der Waals surface area contributed by atoms with Crippen LogP contribution in [-0.4, -0.2) is 67.0 Å². The highest BCUT2D eigenvalue weighted by Crippen LogP contribution is 2.25. The standard InChI is InChI=1S/C19H17ClFN7O3/c20-13-1-6-17(28(30)31)16(11-13)19(29)26-9-7-25(8-10-26)12-18-22-23-24-27(18)15-4-2-14(21)3-5-15/h1-6,11H,7-10,12H2. The van der Waals surface area contributed by atoms with E-state index in [9.17, 15) is 19.3 Å². The van der Waals surface area contributed by atoms with E-state index in [0.717, 1.165) is 0 Å². The van der Waals surface area contributed by atoms with Gasteiger partial charge < -0.3 is 4.90 Å². The summed E-state index contributed by atoms with van der Waals surface area (Å²) < 4.78 is 14.7. The number of halogens is 2. The predicted molar refractivity (Wildman–Crippen MR) is 108 cm³/mol. The summed E-state index contributed by atoms with van der Waals surface area (Å²) in [4.78, 5) is 27.2. The topological polar surface area (TPSA) is 110 Å². The Morgan fingerprint density at radius 2 is 1.84 bits per heavy atom. The van der Waals surface area contributed by atoms with Crippen molar-refractivity contribution in [3.05, 3.63) is 74.8 Å². The smallest absolute Gasteiger partial charge is 0.282 e. The predicted octanol–water partition coefficient (Wildman–Crippen LogP) is 2.32. The van der Waals surface area contributed by atoms with Crippen molar-refractivity contribution in [1.82, 2.24) is 30.0 Å². The zero-order valence-electron chi connectivity index (χ0n) is 16.2. The molecular weight excluding hydrogens is 429 g/mol. The van der Waals surface area contributed by atoms with Gasteiger partial charge in [-0.1, -0.05) is 11.6 Å². The Morgan fingerprint density at radius 1 is 1.13 bits per heavy atom. The van der Waals surface area contributed by atoms with Crippen molar-refractivity contribution < 1.29 is 14.1 Å². The zero-order valence-corrected chi connectivity index (χ0v) is 16.9. The number of nitrogens with zero attached hydrogens (tertiary/aromatic N) is 7. The monoisotopic (exact) mass is 445 g/mol. The maximum absolute atomic E-state index is 13.2. The van der Waals surface area contributed by atoms with Crippen LogP contribution in [0.4, 0.5) is 10.1 Å². The Bertz CT molecular complexity index is 1110. The maximum Gasteiger partial charge on any atom is 0.282 e. The van der Waals surface area contributed by atoms with Gasteiger partial charge in [0.05, 0.1) is 17.2 Å². The largest absolute Gasteiger partial charge is 0.336 e. The summed E-state index contributed by atoms with van der Waals surface area (Å²) in [6.45, 7) is 2.29. The van der Waals surface area contributed by atoms with Gasteiger partial charge >= 0.3 is 0 Å². The van der Waals surface area contributed by atoms with Crippen LogP contribution in [0.25, 0.3) is 5.69 Å². The molecule has 12 heteroatoms. The molecule has 1 fully saturated rings. The molecule has 1 amide bonds. The highest BCUT2D eigenvalue weighted by Gasteiger charge is 2.28. The number of aromatic nitrogens is 4. The molecular formula is C19H17ClFN7O3. The van der Waals surface area contributed by atoms with Gasteiger partial charge in [-0.05, 0) is 46.8 Å². The molecule has 160 valence electrons. The molecule has 31 heavy (non-hydrogen) atoms. The summed E-state index contributed by atoms with van der Waals surface area (Å²) in [5.41, 5.74) is 0.352. The number of nitro groups is 1. The molecule has 1 aliphatic heterocycles. The fraction of sp³-hybridized carbons (Fsp3) is 0.263. The fourth-order valence-corrected chi connectivity index (χ4v) is 3.58. The Labute approximate surface area is 181 Å². The van der Waals surface area contributed by atoms with Crippen molar-refractivity contribution in [3.63, 3.8) is 0 Å². The molecule has 10 nitrogen and oxygen atoms in total. The average molecular weight is 446 g/mol. The highest BCUT2D eigenvalue weighted by molar-refractivity contribution is 6.31. The number of carbonyl (C=O) groups is 1. The molecule has 2 aromatic carbocycles. The van der Waals surface area contributed by atoms with E-state index in [1.54, 1.807) is 17.0 Å². The molecule has 0 N–H and O–H groups in total. The lowest BCUT2D eigenvalue weighted by Gasteiger charge is -2.34. The third kappa shape index (κ3) is 4.52. The molecule has 1 aromatic heterocycles. The van der Waals surface area contributed by atoms with E-state index in [1.165, 1.54) is 35.0 Å². The molecule has 1 saturated heterocycles. The lowest BCUT2D eigenvalue weighted by molar-refractivity contribution is -0.385. The second-order valence-electron chi connectivity index (χ2n) is 6.97. The van der Waals surface area contributed by atoms with Crippen LogP contribution in [0.1, 0.15) is 16.2 Å². The SMILES string of the molecule is O=C(c1cc(Cl)ccc1[N+](=O)[O-])N1CCN(Cc2nnnn2-c2ccc(F)cc2)CC1. The first-order valence-electron chi connectivity index (χ1n) is 9.41. The van der Waals surface area contributed by atoms with Crippen LogP contribution >= 0.6 is 11.6 Å². The third-order valence-corrected chi connectivity index (χ3v) is 5.25. The first-order chi connectivity index (χ1) is 14.9. The molecule has 2 heterocycles. The number of hydrogen-bond donors (Lipinski definition) is 0. The molecule has 1 aliphatic rings. The molecule has 0 atom stereocenters. The lowest BCUT2D eigenvalue weighted by atomic mass is 10.1. The van der Waals surface area contributed by atoms with E-state index in [2.05, 4.69) is 20.4 Å². The van der Waals surface area contributed by atoms with E-state index in [1.807, 2.05) is 0 Å². The average Bonchev–Trinajstić information content (AvgIpc) is 3.22. The van der Waals surface area contributed by atoms with Crippen LogP contribution < -0.4 is 0 Å². The fourth-order valence-electron chi connectivity index (χ4n) is 3.41. The molecule has 0 spiro atoms.